The van der Waals surface area contributed by atoms with Gasteiger partial charge in [0.15, 0.2) is 10.8 Å². The van der Waals surface area contributed by atoms with E-state index >= 15 is 0 Å². The lowest BCUT2D eigenvalue weighted by molar-refractivity contribution is -0.116. The van der Waals surface area contributed by atoms with Gasteiger partial charge in [-0.05, 0) is 43.9 Å². The van der Waals surface area contributed by atoms with Crippen molar-refractivity contribution < 1.29 is 22.7 Å². The molecule has 0 bridgehead atoms. The monoisotopic (exact) mass is 437 g/mol. The molecular weight excluding hydrogens is 414 g/mol. The standard InChI is InChI=1S/C19H23N3O5S2/c1-2-27-18(24)16-13-28-19(20-16)21-17(23)10-7-14-5-8-15(9-6-14)29(25,26)22-11-3-4-12-22/h5-6,8-9,13H,2-4,7,10-12H2,1H3,(H,20,21,23). The molecule has 10 heteroatoms. The van der Waals surface area contributed by atoms with Crippen molar-refractivity contribution >= 4 is 38.4 Å². The number of nitrogens with one attached hydrogen (secondary N) is 1. The summed E-state index contributed by atoms with van der Waals surface area (Å²) in [6.07, 6.45) is 2.47. The Morgan fingerprint density at radius 2 is 1.90 bits per heavy atom. The van der Waals surface area contributed by atoms with Gasteiger partial charge in [-0.15, -0.1) is 11.3 Å². The molecule has 0 spiro atoms. The number of rotatable bonds is 8. The van der Waals surface area contributed by atoms with Crippen LogP contribution < -0.4 is 5.32 Å². The van der Waals surface area contributed by atoms with Gasteiger partial charge in [-0.25, -0.2) is 18.2 Å². The summed E-state index contributed by atoms with van der Waals surface area (Å²) >= 11 is 1.16. The van der Waals surface area contributed by atoms with Gasteiger partial charge >= 0.3 is 5.97 Å². The number of thiazole rings is 1. The predicted octanol–water partition coefficient (Wildman–Crippen LogP) is 2.68. The van der Waals surface area contributed by atoms with Crippen LogP contribution in [0.2, 0.25) is 0 Å². The average Bonchev–Trinajstić information content (AvgIpc) is 3.39. The van der Waals surface area contributed by atoms with Crippen LogP contribution in [0.25, 0.3) is 0 Å². The second-order valence-corrected chi connectivity index (χ2v) is 9.36. The maximum Gasteiger partial charge on any atom is 0.357 e. The molecule has 3 rings (SSSR count). The quantitative estimate of drug-likeness (QED) is 0.637. The minimum Gasteiger partial charge on any atom is -0.461 e. The molecule has 0 aliphatic carbocycles. The van der Waals surface area contributed by atoms with Crippen LogP contribution in [0.15, 0.2) is 34.5 Å². The summed E-state index contributed by atoms with van der Waals surface area (Å²) in [6.45, 7) is 3.11. The minimum atomic E-state index is -3.43. The number of aryl methyl sites for hydroxylation is 1. The van der Waals surface area contributed by atoms with Crippen LogP contribution in [0.3, 0.4) is 0 Å². The van der Waals surface area contributed by atoms with Gasteiger partial charge in [-0.2, -0.15) is 4.31 Å². The number of carbonyl (C=O) groups excluding carboxylic acids is 2. The molecule has 1 fully saturated rings. The highest BCUT2D eigenvalue weighted by Gasteiger charge is 2.26. The van der Waals surface area contributed by atoms with Gasteiger partial charge in [-0.1, -0.05) is 12.1 Å². The summed E-state index contributed by atoms with van der Waals surface area (Å²) in [6, 6.07) is 6.65. The van der Waals surface area contributed by atoms with Crippen LogP contribution in [0.4, 0.5) is 5.13 Å². The van der Waals surface area contributed by atoms with E-state index in [1.54, 1.807) is 31.2 Å². The number of nitrogens with zero attached hydrogens (tertiary/aromatic N) is 2. The first-order valence-electron chi connectivity index (χ1n) is 9.41. The van der Waals surface area contributed by atoms with Crippen molar-refractivity contribution in [2.24, 2.45) is 0 Å². The van der Waals surface area contributed by atoms with Crippen molar-refractivity contribution in [2.45, 2.75) is 37.5 Å². The molecule has 2 heterocycles. The molecule has 1 aromatic carbocycles. The molecule has 1 N–H and O–H groups in total. The average molecular weight is 438 g/mol. The van der Waals surface area contributed by atoms with Crippen molar-refractivity contribution in [3.05, 3.63) is 40.9 Å². The Balaban J connectivity index is 1.52. The lowest BCUT2D eigenvalue weighted by atomic mass is 10.1. The largest absolute Gasteiger partial charge is 0.461 e. The first-order valence-corrected chi connectivity index (χ1v) is 11.7. The third-order valence-electron chi connectivity index (χ3n) is 4.50. The van der Waals surface area contributed by atoms with E-state index < -0.39 is 16.0 Å². The molecule has 1 aliphatic heterocycles. The van der Waals surface area contributed by atoms with Crippen LogP contribution in [0, 0.1) is 0 Å². The van der Waals surface area contributed by atoms with Gasteiger partial charge in [0.1, 0.15) is 0 Å². The number of carbonyl (C=O) groups is 2. The number of anilines is 1. The maximum absolute atomic E-state index is 12.5. The number of hydrogen-bond acceptors (Lipinski definition) is 7. The summed E-state index contributed by atoms with van der Waals surface area (Å²) in [5.41, 5.74) is 1.04. The van der Waals surface area contributed by atoms with Gasteiger partial charge in [0, 0.05) is 24.9 Å². The zero-order valence-electron chi connectivity index (χ0n) is 16.1. The van der Waals surface area contributed by atoms with Gasteiger partial charge in [-0.3, -0.25) is 4.79 Å². The molecule has 0 atom stereocenters. The number of sulfonamides is 1. The predicted molar refractivity (Wildman–Crippen MR) is 109 cm³/mol. The zero-order chi connectivity index (χ0) is 20.9. The van der Waals surface area contributed by atoms with Crippen LogP contribution >= 0.6 is 11.3 Å². The Morgan fingerprint density at radius 1 is 1.21 bits per heavy atom. The van der Waals surface area contributed by atoms with E-state index in [1.807, 2.05) is 0 Å². The Morgan fingerprint density at radius 3 is 2.55 bits per heavy atom. The van der Waals surface area contributed by atoms with E-state index in [0.717, 1.165) is 29.7 Å². The highest BCUT2D eigenvalue weighted by atomic mass is 32.2. The highest BCUT2D eigenvalue weighted by Crippen LogP contribution is 2.21. The summed E-state index contributed by atoms with van der Waals surface area (Å²) in [4.78, 5) is 28.0. The molecule has 29 heavy (non-hydrogen) atoms. The van der Waals surface area contributed by atoms with Crippen molar-refractivity contribution in [3.63, 3.8) is 0 Å². The fraction of sp³-hybridized carbons (Fsp3) is 0.421. The first-order chi connectivity index (χ1) is 13.9. The van der Waals surface area contributed by atoms with E-state index in [9.17, 15) is 18.0 Å². The van der Waals surface area contributed by atoms with Crippen molar-refractivity contribution in [1.29, 1.82) is 0 Å². The molecule has 156 valence electrons. The maximum atomic E-state index is 12.5. The number of hydrogen-bond donors (Lipinski definition) is 1. The van der Waals surface area contributed by atoms with Gasteiger partial charge in [0.05, 0.1) is 11.5 Å². The summed E-state index contributed by atoms with van der Waals surface area (Å²) in [5, 5.41) is 4.53. The van der Waals surface area contributed by atoms with E-state index in [0.29, 0.717) is 24.6 Å². The van der Waals surface area contributed by atoms with Gasteiger partial charge < -0.3 is 10.1 Å². The fourth-order valence-corrected chi connectivity index (χ4v) is 5.19. The smallest absolute Gasteiger partial charge is 0.357 e. The Bertz CT molecular complexity index is 964. The highest BCUT2D eigenvalue weighted by molar-refractivity contribution is 7.89. The number of esters is 1. The van der Waals surface area contributed by atoms with Crippen molar-refractivity contribution in [2.75, 3.05) is 25.0 Å². The fourth-order valence-electron chi connectivity index (χ4n) is 2.98. The lowest BCUT2D eigenvalue weighted by Gasteiger charge is -2.15. The van der Waals surface area contributed by atoms with Gasteiger partial charge in [0.25, 0.3) is 0 Å². The number of benzene rings is 1. The van der Waals surface area contributed by atoms with E-state index in [-0.39, 0.29) is 29.5 Å². The minimum absolute atomic E-state index is 0.168. The summed E-state index contributed by atoms with van der Waals surface area (Å²) < 4.78 is 31.4. The molecule has 1 saturated heterocycles. The molecule has 0 radical (unpaired) electrons. The normalized spacial score (nSPS) is 14.7. The van der Waals surface area contributed by atoms with Crippen molar-refractivity contribution in [3.8, 4) is 0 Å². The van der Waals surface area contributed by atoms with Crippen LogP contribution in [-0.4, -0.2) is 49.3 Å². The molecule has 1 aromatic heterocycles. The molecule has 8 nitrogen and oxygen atoms in total. The van der Waals surface area contributed by atoms with E-state index in [2.05, 4.69) is 10.3 Å². The molecule has 0 unspecified atom stereocenters. The number of amides is 1. The second-order valence-electron chi connectivity index (χ2n) is 6.56. The second kappa shape index (κ2) is 9.47. The van der Waals surface area contributed by atoms with E-state index in [1.165, 1.54) is 9.69 Å². The Hall–Kier alpha value is -2.30. The Labute approximate surface area is 173 Å². The zero-order valence-corrected chi connectivity index (χ0v) is 17.7. The first kappa shape index (κ1) is 21.4. The molecule has 0 saturated carbocycles. The third-order valence-corrected chi connectivity index (χ3v) is 7.17. The topological polar surface area (TPSA) is 106 Å². The molecule has 2 aromatic rings. The van der Waals surface area contributed by atoms with Crippen LogP contribution in [0.5, 0.6) is 0 Å². The van der Waals surface area contributed by atoms with Crippen LogP contribution in [-0.2, 0) is 26.0 Å². The Kier molecular flexibility index (Phi) is 6.99. The molecule has 1 amide bonds. The SMILES string of the molecule is CCOC(=O)c1csc(NC(=O)CCc2ccc(S(=O)(=O)N3CCCC3)cc2)n1. The van der Waals surface area contributed by atoms with Crippen LogP contribution in [0.1, 0.15) is 42.2 Å². The number of aromatic nitrogens is 1. The van der Waals surface area contributed by atoms with E-state index in [4.69, 9.17) is 4.74 Å². The third kappa shape index (κ3) is 5.40. The number of ether oxygens (including phenoxy) is 1. The van der Waals surface area contributed by atoms with Crippen molar-refractivity contribution in [1.82, 2.24) is 9.29 Å². The van der Waals surface area contributed by atoms with Gasteiger partial charge in [0.2, 0.25) is 15.9 Å². The lowest BCUT2D eigenvalue weighted by Crippen LogP contribution is -2.27. The summed E-state index contributed by atoms with van der Waals surface area (Å²) in [5.74, 6) is -0.753. The molecular formula is C19H23N3O5S2. The molecule has 1 aliphatic rings. The summed E-state index contributed by atoms with van der Waals surface area (Å²) in [7, 11) is -3.43.